The Balaban J connectivity index is 1.71. The molecule has 4 nitrogen and oxygen atoms in total. The Bertz CT molecular complexity index is 605. The first-order valence-corrected chi connectivity index (χ1v) is 8.28. The summed E-state index contributed by atoms with van der Waals surface area (Å²) in [6.07, 6.45) is 3.27. The van der Waals surface area contributed by atoms with E-state index in [9.17, 15) is 10.0 Å². The van der Waals surface area contributed by atoms with Crippen molar-refractivity contribution in [1.29, 1.82) is 0 Å². The van der Waals surface area contributed by atoms with Crippen molar-refractivity contribution in [2.75, 3.05) is 5.75 Å². The number of carbonyl (C=O) groups is 1. The summed E-state index contributed by atoms with van der Waals surface area (Å²) in [4.78, 5) is 11.9. The number of benzene rings is 1. The number of amides is 1. The van der Waals surface area contributed by atoms with Gasteiger partial charge in [-0.2, -0.15) is 4.73 Å². The molecule has 0 aliphatic rings. The number of pyridine rings is 1. The first kappa shape index (κ1) is 16.4. The fourth-order valence-corrected chi connectivity index (χ4v) is 2.81. The number of aromatic nitrogens is 1. The largest absolute Gasteiger partial charge is 0.618 e. The fraction of sp³-hybridized carbons (Fsp3) is 0.294. The number of carbonyl (C=O) groups excluding carboxylic acids is 1. The van der Waals surface area contributed by atoms with Gasteiger partial charge in [0.05, 0.1) is 5.75 Å². The van der Waals surface area contributed by atoms with Gasteiger partial charge in [-0.05, 0) is 43.2 Å². The van der Waals surface area contributed by atoms with Gasteiger partial charge in [0.25, 0.3) is 5.03 Å². The standard InChI is InChI=1S/C17H20N2O2S/c1-14(10-11-15-7-3-2-4-8-15)18-16(20)13-22-17-9-5-6-12-19(17)21/h2-9,12,14H,10-11,13H2,1H3,(H,18,20)/t14-/m0/s1. The molecule has 0 aliphatic carbocycles. The van der Waals surface area contributed by atoms with Crippen LogP contribution in [0.15, 0.2) is 59.8 Å². The molecule has 5 heteroatoms. The highest BCUT2D eigenvalue weighted by molar-refractivity contribution is 7.99. The molecule has 1 aromatic heterocycles. The highest BCUT2D eigenvalue weighted by Gasteiger charge is 2.11. The third-order valence-electron chi connectivity index (χ3n) is 3.26. The second-order valence-corrected chi connectivity index (χ2v) is 6.14. The molecule has 116 valence electrons. The Labute approximate surface area is 135 Å². The van der Waals surface area contributed by atoms with Gasteiger partial charge in [0.2, 0.25) is 5.91 Å². The van der Waals surface area contributed by atoms with Crippen LogP contribution in [0.25, 0.3) is 0 Å². The van der Waals surface area contributed by atoms with E-state index < -0.39 is 0 Å². The van der Waals surface area contributed by atoms with E-state index in [1.807, 2.05) is 25.1 Å². The van der Waals surface area contributed by atoms with Crippen molar-refractivity contribution in [2.24, 2.45) is 0 Å². The Morgan fingerprint density at radius 1 is 1.23 bits per heavy atom. The van der Waals surface area contributed by atoms with Crippen molar-refractivity contribution >= 4 is 17.7 Å². The van der Waals surface area contributed by atoms with E-state index >= 15 is 0 Å². The molecule has 1 amide bonds. The highest BCUT2D eigenvalue weighted by Crippen LogP contribution is 2.12. The minimum Gasteiger partial charge on any atom is -0.618 e. The summed E-state index contributed by atoms with van der Waals surface area (Å²) in [5, 5.41) is 15.0. The van der Waals surface area contributed by atoms with E-state index in [-0.39, 0.29) is 17.7 Å². The molecule has 0 fully saturated rings. The zero-order valence-electron chi connectivity index (χ0n) is 12.6. The molecule has 2 rings (SSSR count). The monoisotopic (exact) mass is 316 g/mol. The molecule has 22 heavy (non-hydrogen) atoms. The van der Waals surface area contributed by atoms with Gasteiger partial charge in [0, 0.05) is 18.2 Å². The van der Waals surface area contributed by atoms with Crippen molar-refractivity contribution < 1.29 is 9.52 Å². The van der Waals surface area contributed by atoms with Crippen LogP contribution in [0.2, 0.25) is 0 Å². The number of nitrogens with zero attached hydrogens (tertiary/aromatic N) is 1. The number of thioether (sulfide) groups is 1. The molecular weight excluding hydrogens is 296 g/mol. The Kier molecular flexibility index (Phi) is 6.27. The lowest BCUT2D eigenvalue weighted by Gasteiger charge is -2.13. The van der Waals surface area contributed by atoms with Crippen molar-refractivity contribution in [3.63, 3.8) is 0 Å². The van der Waals surface area contributed by atoms with Gasteiger partial charge in [0.1, 0.15) is 0 Å². The normalized spacial score (nSPS) is 11.9. The third-order valence-corrected chi connectivity index (χ3v) is 4.27. The summed E-state index contributed by atoms with van der Waals surface area (Å²) >= 11 is 1.25. The molecule has 1 aromatic carbocycles. The maximum Gasteiger partial charge on any atom is 0.251 e. The van der Waals surface area contributed by atoms with Crippen molar-refractivity contribution in [3.8, 4) is 0 Å². The SMILES string of the molecule is C[C@@H](CCc1ccccc1)NC(=O)CSc1cccc[n+]1[O-]. The lowest BCUT2D eigenvalue weighted by atomic mass is 10.1. The zero-order valence-corrected chi connectivity index (χ0v) is 13.4. The van der Waals surface area contributed by atoms with E-state index in [1.165, 1.54) is 23.5 Å². The molecule has 0 radical (unpaired) electrons. The number of rotatable bonds is 7. The first-order chi connectivity index (χ1) is 10.6. The lowest BCUT2D eigenvalue weighted by Crippen LogP contribution is -2.35. The Hall–Kier alpha value is -2.01. The lowest BCUT2D eigenvalue weighted by molar-refractivity contribution is -0.645. The van der Waals surface area contributed by atoms with Crippen LogP contribution >= 0.6 is 11.8 Å². The minimum atomic E-state index is -0.0468. The van der Waals surface area contributed by atoms with Crippen molar-refractivity contribution in [2.45, 2.75) is 30.8 Å². The average Bonchev–Trinajstić information content (AvgIpc) is 2.53. The van der Waals surface area contributed by atoms with E-state index in [0.717, 1.165) is 17.6 Å². The number of hydrogen-bond donors (Lipinski definition) is 1. The second-order valence-electron chi connectivity index (χ2n) is 5.15. The predicted octanol–water partition coefficient (Wildman–Crippen LogP) is 2.55. The van der Waals surface area contributed by atoms with Gasteiger partial charge in [-0.3, -0.25) is 4.79 Å². The van der Waals surface area contributed by atoms with Gasteiger partial charge < -0.3 is 10.5 Å². The van der Waals surface area contributed by atoms with Crippen LogP contribution in [0.3, 0.4) is 0 Å². The minimum absolute atomic E-state index is 0.0468. The average molecular weight is 316 g/mol. The quantitative estimate of drug-likeness (QED) is 0.485. The smallest absolute Gasteiger partial charge is 0.251 e. The van der Waals surface area contributed by atoms with Gasteiger partial charge in [-0.25, -0.2) is 0 Å². The molecule has 0 aliphatic heterocycles. The topological polar surface area (TPSA) is 56.0 Å². The van der Waals surface area contributed by atoms with Gasteiger partial charge in [0.15, 0.2) is 6.20 Å². The maximum absolute atomic E-state index is 11.9. The van der Waals surface area contributed by atoms with Crippen LogP contribution in [-0.4, -0.2) is 17.7 Å². The van der Waals surface area contributed by atoms with Gasteiger partial charge >= 0.3 is 0 Å². The molecule has 0 saturated carbocycles. The van der Waals surface area contributed by atoms with E-state index in [2.05, 4.69) is 17.4 Å². The summed E-state index contributed by atoms with van der Waals surface area (Å²) in [6.45, 7) is 2.00. The molecule has 2 aromatic rings. The number of nitrogens with one attached hydrogen (secondary N) is 1. The summed E-state index contributed by atoms with van der Waals surface area (Å²) in [7, 11) is 0. The Morgan fingerprint density at radius 3 is 2.68 bits per heavy atom. The molecule has 1 N–H and O–H groups in total. The molecule has 0 unspecified atom stereocenters. The van der Waals surface area contributed by atoms with E-state index in [1.54, 1.807) is 18.2 Å². The Morgan fingerprint density at radius 2 is 1.95 bits per heavy atom. The fourth-order valence-electron chi connectivity index (χ4n) is 2.08. The highest BCUT2D eigenvalue weighted by atomic mass is 32.2. The number of hydrogen-bond acceptors (Lipinski definition) is 3. The van der Waals surface area contributed by atoms with Crippen LogP contribution in [0.5, 0.6) is 0 Å². The number of aryl methyl sites for hydroxylation is 1. The van der Waals surface area contributed by atoms with Crippen molar-refractivity contribution in [3.05, 3.63) is 65.5 Å². The maximum atomic E-state index is 11.9. The molecule has 1 atom stereocenters. The zero-order chi connectivity index (χ0) is 15.8. The summed E-state index contributed by atoms with van der Waals surface area (Å²) in [5.41, 5.74) is 1.27. The third kappa shape index (κ3) is 5.41. The molecule has 0 bridgehead atoms. The van der Waals surface area contributed by atoms with Gasteiger partial charge in [-0.1, -0.05) is 30.3 Å². The summed E-state index contributed by atoms with van der Waals surface area (Å²) < 4.78 is 0.775. The van der Waals surface area contributed by atoms with Crippen LogP contribution in [-0.2, 0) is 11.2 Å². The summed E-state index contributed by atoms with van der Waals surface area (Å²) in [6, 6.07) is 15.5. The van der Waals surface area contributed by atoms with Crippen molar-refractivity contribution in [1.82, 2.24) is 5.32 Å². The molecule has 0 spiro atoms. The first-order valence-electron chi connectivity index (χ1n) is 7.29. The van der Waals surface area contributed by atoms with Gasteiger partial charge in [-0.15, -0.1) is 0 Å². The van der Waals surface area contributed by atoms with Crippen LogP contribution in [0.4, 0.5) is 0 Å². The molecule has 1 heterocycles. The van der Waals surface area contributed by atoms with Crippen LogP contribution in [0.1, 0.15) is 18.9 Å². The van der Waals surface area contributed by atoms with Crippen LogP contribution < -0.4 is 10.0 Å². The second kappa shape index (κ2) is 8.44. The van der Waals surface area contributed by atoms with E-state index in [0.29, 0.717) is 5.03 Å². The summed E-state index contributed by atoms with van der Waals surface area (Å²) in [5.74, 6) is 0.205. The molecule has 0 saturated heterocycles. The van der Waals surface area contributed by atoms with E-state index in [4.69, 9.17) is 0 Å². The van der Waals surface area contributed by atoms with Crippen LogP contribution in [0, 0.1) is 5.21 Å². The molecular formula is C17H20N2O2S. The predicted molar refractivity (Wildman–Crippen MR) is 88.5 cm³/mol.